The number of amides is 1. The topological polar surface area (TPSA) is 64.6 Å². The van der Waals surface area contributed by atoms with Crippen LogP contribution < -0.4 is 10.1 Å². The predicted molar refractivity (Wildman–Crippen MR) is 90.4 cm³/mol. The minimum absolute atomic E-state index is 0.164. The molecule has 128 valence electrons. The fourth-order valence-electron chi connectivity index (χ4n) is 3.24. The molecule has 0 saturated heterocycles. The summed E-state index contributed by atoms with van der Waals surface area (Å²) in [7, 11) is 0. The number of ether oxygens (including phenoxy) is 2. The van der Waals surface area contributed by atoms with Gasteiger partial charge in [-0.25, -0.2) is 4.79 Å². The molecule has 0 radical (unpaired) electrons. The lowest BCUT2D eigenvalue weighted by Crippen LogP contribution is -2.43. The molecule has 1 amide bonds. The molecule has 3 rings (SSSR count). The minimum atomic E-state index is -0.503. The Morgan fingerprint density at radius 3 is 2.88 bits per heavy atom. The quantitative estimate of drug-likeness (QED) is 0.863. The van der Waals surface area contributed by atoms with Crippen molar-refractivity contribution in [3.05, 3.63) is 35.4 Å². The molecule has 1 aromatic rings. The first-order valence-electron chi connectivity index (χ1n) is 8.52. The van der Waals surface area contributed by atoms with E-state index in [4.69, 9.17) is 9.47 Å². The van der Waals surface area contributed by atoms with Crippen LogP contribution in [-0.2, 0) is 14.3 Å². The van der Waals surface area contributed by atoms with Crippen LogP contribution in [0.1, 0.15) is 38.2 Å². The normalized spacial score (nSPS) is 22.6. The zero-order valence-corrected chi connectivity index (χ0v) is 13.9. The lowest BCUT2D eigenvalue weighted by atomic mass is 9.86. The van der Waals surface area contributed by atoms with Crippen LogP contribution in [0.15, 0.2) is 29.8 Å². The fourth-order valence-corrected chi connectivity index (χ4v) is 3.24. The van der Waals surface area contributed by atoms with E-state index in [1.807, 2.05) is 24.3 Å². The number of esters is 1. The Balaban J connectivity index is 1.51. The molecule has 1 aliphatic heterocycles. The Kier molecular flexibility index (Phi) is 5.18. The maximum atomic E-state index is 12.1. The third kappa shape index (κ3) is 3.96. The van der Waals surface area contributed by atoms with Crippen LogP contribution in [0.3, 0.4) is 0 Å². The van der Waals surface area contributed by atoms with E-state index >= 15 is 0 Å². The Morgan fingerprint density at radius 2 is 2.04 bits per heavy atom. The van der Waals surface area contributed by atoms with Crippen molar-refractivity contribution in [2.75, 3.05) is 13.2 Å². The Morgan fingerprint density at radius 1 is 1.25 bits per heavy atom. The van der Waals surface area contributed by atoms with Crippen molar-refractivity contribution in [3.63, 3.8) is 0 Å². The van der Waals surface area contributed by atoms with Crippen LogP contribution in [0.25, 0.3) is 6.08 Å². The average Bonchev–Trinajstić information content (AvgIpc) is 2.61. The number of benzene rings is 1. The number of hydrogen-bond acceptors (Lipinski definition) is 4. The SMILES string of the molecule is C[C@@H]1CCCC[C@H]1NC(=O)COC(=O)C1=Cc2ccccc2OC1. The van der Waals surface area contributed by atoms with Gasteiger partial charge in [-0.1, -0.05) is 38.0 Å². The predicted octanol–water partition coefficient (Wildman–Crippen LogP) is 2.70. The second-order valence-electron chi connectivity index (χ2n) is 6.51. The third-order valence-electron chi connectivity index (χ3n) is 4.69. The first kappa shape index (κ1) is 16.6. The first-order valence-corrected chi connectivity index (χ1v) is 8.52. The number of nitrogens with one attached hydrogen (secondary N) is 1. The smallest absolute Gasteiger partial charge is 0.338 e. The van der Waals surface area contributed by atoms with Crippen molar-refractivity contribution in [1.29, 1.82) is 0 Å². The van der Waals surface area contributed by atoms with E-state index in [1.54, 1.807) is 6.08 Å². The van der Waals surface area contributed by atoms with Crippen molar-refractivity contribution in [3.8, 4) is 5.75 Å². The molecule has 0 aromatic heterocycles. The summed E-state index contributed by atoms with van der Waals surface area (Å²) in [4.78, 5) is 24.1. The van der Waals surface area contributed by atoms with Crippen molar-refractivity contribution >= 4 is 18.0 Å². The molecule has 24 heavy (non-hydrogen) atoms. The van der Waals surface area contributed by atoms with Crippen LogP contribution in [-0.4, -0.2) is 31.1 Å². The largest absolute Gasteiger partial charge is 0.488 e. The Hall–Kier alpha value is -2.30. The summed E-state index contributed by atoms with van der Waals surface area (Å²) in [6.07, 6.45) is 6.24. The third-order valence-corrected chi connectivity index (χ3v) is 4.69. The summed E-state index contributed by atoms with van der Waals surface area (Å²) >= 11 is 0. The summed E-state index contributed by atoms with van der Waals surface area (Å²) in [5.74, 6) is 0.485. The van der Waals surface area contributed by atoms with E-state index in [2.05, 4.69) is 12.2 Å². The van der Waals surface area contributed by atoms with Crippen LogP contribution in [0, 0.1) is 5.92 Å². The summed E-state index contributed by atoms with van der Waals surface area (Å²) in [6.45, 7) is 2.07. The standard InChI is InChI=1S/C19H23NO4/c1-13-6-2-4-8-16(13)20-18(21)12-24-19(22)15-10-14-7-3-5-9-17(14)23-11-15/h3,5,7,9-10,13,16H,2,4,6,8,11-12H2,1H3,(H,20,21)/t13-,16-/m1/s1. The van der Waals surface area contributed by atoms with Gasteiger partial charge in [-0.3, -0.25) is 4.79 Å². The van der Waals surface area contributed by atoms with Gasteiger partial charge in [-0.15, -0.1) is 0 Å². The maximum Gasteiger partial charge on any atom is 0.338 e. The molecular weight excluding hydrogens is 306 g/mol. The fraction of sp³-hybridized carbons (Fsp3) is 0.474. The second kappa shape index (κ2) is 7.51. The monoisotopic (exact) mass is 329 g/mol. The molecule has 0 spiro atoms. The molecule has 1 aliphatic carbocycles. The highest BCUT2D eigenvalue weighted by molar-refractivity contribution is 5.96. The summed E-state index contributed by atoms with van der Waals surface area (Å²) in [6, 6.07) is 7.68. The van der Waals surface area contributed by atoms with Crippen LogP contribution >= 0.6 is 0 Å². The molecule has 5 heteroatoms. The van der Waals surface area contributed by atoms with E-state index in [0.717, 1.165) is 30.6 Å². The van der Waals surface area contributed by atoms with Gasteiger partial charge in [0.25, 0.3) is 5.91 Å². The highest BCUT2D eigenvalue weighted by Gasteiger charge is 2.24. The number of para-hydroxylation sites is 1. The molecule has 1 heterocycles. The van der Waals surface area contributed by atoms with Gasteiger partial charge < -0.3 is 14.8 Å². The number of carbonyl (C=O) groups excluding carboxylic acids is 2. The van der Waals surface area contributed by atoms with E-state index in [-0.39, 0.29) is 25.2 Å². The highest BCUT2D eigenvalue weighted by atomic mass is 16.5. The summed E-state index contributed by atoms with van der Waals surface area (Å²) in [5.41, 5.74) is 1.27. The lowest BCUT2D eigenvalue weighted by molar-refractivity contribution is -0.145. The van der Waals surface area contributed by atoms with Gasteiger partial charge in [-0.05, 0) is 30.9 Å². The average molecular weight is 329 g/mol. The summed E-state index contributed by atoms with van der Waals surface area (Å²) in [5, 5.41) is 2.98. The molecule has 0 unspecified atom stereocenters. The van der Waals surface area contributed by atoms with E-state index in [1.165, 1.54) is 6.42 Å². The van der Waals surface area contributed by atoms with Crippen molar-refractivity contribution < 1.29 is 19.1 Å². The lowest BCUT2D eigenvalue weighted by Gasteiger charge is -2.29. The van der Waals surface area contributed by atoms with Gasteiger partial charge in [0, 0.05) is 11.6 Å². The molecular formula is C19H23NO4. The molecule has 2 atom stereocenters. The summed E-state index contributed by atoms with van der Waals surface area (Å²) < 4.78 is 10.7. The van der Waals surface area contributed by atoms with Crippen LogP contribution in [0.4, 0.5) is 0 Å². The number of hydrogen-bond donors (Lipinski definition) is 1. The van der Waals surface area contributed by atoms with Gasteiger partial charge in [0.1, 0.15) is 12.4 Å². The van der Waals surface area contributed by atoms with Gasteiger partial charge in [0.15, 0.2) is 6.61 Å². The molecule has 0 bridgehead atoms. The van der Waals surface area contributed by atoms with Gasteiger partial charge in [-0.2, -0.15) is 0 Å². The first-order chi connectivity index (χ1) is 11.6. The van der Waals surface area contributed by atoms with E-state index in [0.29, 0.717) is 11.5 Å². The van der Waals surface area contributed by atoms with Crippen molar-refractivity contribution in [2.24, 2.45) is 5.92 Å². The molecule has 1 aromatic carbocycles. The number of rotatable bonds is 4. The van der Waals surface area contributed by atoms with E-state index < -0.39 is 5.97 Å². The second-order valence-corrected chi connectivity index (χ2v) is 6.51. The Labute approximate surface area is 142 Å². The Bertz CT molecular complexity index is 653. The van der Waals surface area contributed by atoms with Crippen molar-refractivity contribution in [1.82, 2.24) is 5.32 Å². The zero-order chi connectivity index (χ0) is 16.9. The minimum Gasteiger partial charge on any atom is -0.488 e. The molecule has 1 fully saturated rings. The number of fused-ring (bicyclic) bond motifs is 1. The van der Waals surface area contributed by atoms with Crippen molar-refractivity contribution in [2.45, 2.75) is 38.6 Å². The molecule has 1 saturated carbocycles. The zero-order valence-electron chi connectivity index (χ0n) is 13.9. The van der Waals surface area contributed by atoms with Crippen LogP contribution in [0.5, 0.6) is 5.75 Å². The van der Waals surface area contributed by atoms with Gasteiger partial charge in [0.05, 0.1) is 5.57 Å². The van der Waals surface area contributed by atoms with Gasteiger partial charge in [0.2, 0.25) is 0 Å². The van der Waals surface area contributed by atoms with Crippen LogP contribution in [0.2, 0.25) is 0 Å². The maximum absolute atomic E-state index is 12.1. The van der Waals surface area contributed by atoms with E-state index in [9.17, 15) is 9.59 Å². The molecule has 5 nitrogen and oxygen atoms in total. The molecule has 1 N–H and O–H groups in total. The number of carbonyl (C=O) groups is 2. The van der Waals surface area contributed by atoms with Gasteiger partial charge >= 0.3 is 5.97 Å². The highest BCUT2D eigenvalue weighted by Crippen LogP contribution is 2.26. The molecule has 2 aliphatic rings.